The van der Waals surface area contributed by atoms with E-state index in [2.05, 4.69) is 15.0 Å². The molecule has 0 aliphatic rings. The highest BCUT2D eigenvalue weighted by Crippen LogP contribution is 2.14. The first-order valence-electron chi connectivity index (χ1n) is 9.93. The number of hydrogen-bond acceptors (Lipinski definition) is 5. The van der Waals surface area contributed by atoms with E-state index < -0.39 is 10.0 Å². The summed E-state index contributed by atoms with van der Waals surface area (Å²) >= 11 is 1.48. The van der Waals surface area contributed by atoms with Gasteiger partial charge in [0, 0.05) is 42.5 Å². The fraction of sp³-hybridized carbons (Fsp3) is 0.130. The van der Waals surface area contributed by atoms with Crippen LogP contribution in [0.25, 0.3) is 0 Å². The van der Waals surface area contributed by atoms with Gasteiger partial charge in [-0.2, -0.15) is 0 Å². The first kappa shape index (κ1) is 21.9. The number of benzene rings is 2. The number of amides is 1. The van der Waals surface area contributed by atoms with Gasteiger partial charge in [0.05, 0.1) is 11.2 Å². The van der Waals surface area contributed by atoms with E-state index in [1.165, 1.54) is 23.5 Å². The number of aromatic nitrogens is 2. The maximum Gasteiger partial charge on any atom is 0.251 e. The molecule has 2 aromatic carbocycles. The summed E-state index contributed by atoms with van der Waals surface area (Å²) in [6.07, 6.45) is 5.38. The van der Waals surface area contributed by atoms with Crippen molar-refractivity contribution in [2.75, 3.05) is 0 Å². The van der Waals surface area contributed by atoms with Crippen LogP contribution < -0.4 is 10.0 Å². The summed E-state index contributed by atoms with van der Waals surface area (Å²) in [6.45, 7) is 1.25. The van der Waals surface area contributed by atoms with E-state index in [-0.39, 0.29) is 17.3 Å². The average Bonchev–Trinajstić information content (AvgIpc) is 3.51. The normalized spacial score (nSPS) is 11.4. The van der Waals surface area contributed by atoms with Crippen molar-refractivity contribution in [2.45, 2.75) is 24.5 Å². The lowest BCUT2D eigenvalue weighted by Crippen LogP contribution is -2.25. The maximum atomic E-state index is 12.6. The largest absolute Gasteiger partial charge is 0.348 e. The molecule has 4 aromatic rings. The lowest BCUT2D eigenvalue weighted by molar-refractivity contribution is 0.0950. The molecule has 7 nitrogen and oxygen atoms in total. The van der Waals surface area contributed by atoms with Crippen molar-refractivity contribution in [1.29, 1.82) is 0 Å². The van der Waals surface area contributed by atoms with Crippen LogP contribution in [0.2, 0.25) is 0 Å². The van der Waals surface area contributed by atoms with Gasteiger partial charge in [-0.1, -0.05) is 36.4 Å². The second kappa shape index (κ2) is 9.90. The number of nitrogens with zero attached hydrogens (tertiary/aromatic N) is 2. The van der Waals surface area contributed by atoms with Crippen molar-refractivity contribution in [3.05, 3.63) is 106 Å². The molecular weight excluding hydrogens is 444 g/mol. The molecule has 9 heteroatoms. The molecule has 0 fully saturated rings. The second-order valence-electron chi connectivity index (χ2n) is 7.17. The predicted octanol–water partition coefficient (Wildman–Crippen LogP) is 3.40. The molecule has 0 spiro atoms. The van der Waals surface area contributed by atoms with E-state index in [0.717, 1.165) is 16.0 Å². The highest BCUT2D eigenvalue weighted by atomic mass is 32.2. The Kier molecular flexibility index (Phi) is 6.79. The molecule has 0 saturated carbocycles. The fourth-order valence-corrected chi connectivity index (χ4v) is 4.97. The van der Waals surface area contributed by atoms with Gasteiger partial charge in [-0.25, -0.2) is 18.1 Å². The van der Waals surface area contributed by atoms with Crippen molar-refractivity contribution in [2.24, 2.45) is 0 Å². The Morgan fingerprint density at radius 3 is 2.62 bits per heavy atom. The third-order valence-corrected chi connectivity index (χ3v) is 7.07. The molecule has 2 N–H and O–H groups in total. The summed E-state index contributed by atoms with van der Waals surface area (Å²) in [6, 6.07) is 17.7. The first-order chi connectivity index (χ1) is 15.5. The minimum Gasteiger partial charge on any atom is -0.348 e. The summed E-state index contributed by atoms with van der Waals surface area (Å²) in [5.41, 5.74) is 2.34. The first-order valence-corrected chi connectivity index (χ1v) is 12.3. The highest BCUT2D eigenvalue weighted by Gasteiger charge is 2.16. The smallest absolute Gasteiger partial charge is 0.251 e. The van der Waals surface area contributed by atoms with Gasteiger partial charge in [-0.05, 0) is 40.8 Å². The topological polar surface area (TPSA) is 93.1 Å². The Hall–Kier alpha value is -3.27. The van der Waals surface area contributed by atoms with E-state index in [1.807, 2.05) is 52.5 Å². The van der Waals surface area contributed by atoms with E-state index in [9.17, 15) is 13.2 Å². The van der Waals surface area contributed by atoms with Gasteiger partial charge in [0.15, 0.2) is 0 Å². The van der Waals surface area contributed by atoms with Gasteiger partial charge < -0.3 is 9.88 Å². The van der Waals surface area contributed by atoms with Crippen molar-refractivity contribution in [1.82, 2.24) is 19.6 Å². The van der Waals surface area contributed by atoms with Gasteiger partial charge in [0.2, 0.25) is 10.0 Å². The van der Waals surface area contributed by atoms with Crippen LogP contribution in [0.5, 0.6) is 0 Å². The standard InChI is InChI=1S/C23H22N4O3S2/c28-23(25-14-18-4-1-5-19(12-18)16-27-10-9-24-17-27)20-6-2-8-22(13-20)32(29,30)26-15-21-7-3-11-31-21/h1-13,17,26H,14-16H2,(H,25,28). The molecule has 0 aliphatic heterocycles. The molecule has 2 heterocycles. The zero-order chi connectivity index (χ0) is 22.4. The molecule has 0 radical (unpaired) electrons. The highest BCUT2D eigenvalue weighted by molar-refractivity contribution is 7.89. The zero-order valence-corrected chi connectivity index (χ0v) is 18.8. The van der Waals surface area contributed by atoms with Crippen molar-refractivity contribution >= 4 is 27.3 Å². The van der Waals surface area contributed by atoms with Crippen LogP contribution in [0.3, 0.4) is 0 Å². The summed E-state index contributed by atoms with van der Waals surface area (Å²) in [5, 5.41) is 4.75. The molecule has 0 bridgehead atoms. The van der Waals surface area contributed by atoms with Gasteiger partial charge in [0.25, 0.3) is 5.91 Å². The summed E-state index contributed by atoms with van der Waals surface area (Å²) in [4.78, 5) is 17.7. The molecule has 2 aromatic heterocycles. The minimum atomic E-state index is -3.72. The van der Waals surface area contributed by atoms with Crippen molar-refractivity contribution in [3.63, 3.8) is 0 Å². The lowest BCUT2D eigenvalue weighted by Gasteiger charge is -2.10. The summed E-state index contributed by atoms with van der Waals surface area (Å²) in [7, 11) is -3.72. The molecule has 0 atom stereocenters. The predicted molar refractivity (Wildman–Crippen MR) is 124 cm³/mol. The quantitative estimate of drug-likeness (QED) is 0.395. The zero-order valence-electron chi connectivity index (χ0n) is 17.1. The number of sulfonamides is 1. The second-order valence-corrected chi connectivity index (χ2v) is 9.97. The van der Waals surface area contributed by atoms with Crippen LogP contribution >= 0.6 is 11.3 Å². The minimum absolute atomic E-state index is 0.0593. The number of rotatable bonds is 9. The van der Waals surface area contributed by atoms with Gasteiger partial charge >= 0.3 is 0 Å². The third kappa shape index (κ3) is 5.70. The third-order valence-electron chi connectivity index (χ3n) is 4.79. The molecular formula is C23H22N4O3S2. The van der Waals surface area contributed by atoms with E-state index in [1.54, 1.807) is 24.7 Å². The van der Waals surface area contributed by atoms with E-state index in [0.29, 0.717) is 18.7 Å². The van der Waals surface area contributed by atoms with Crippen LogP contribution in [-0.2, 0) is 29.7 Å². The van der Waals surface area contributed by atoms with E-state index >= 15 is 0 Å². The number of imidazole rings is 1. The van der Waals surface area contributed by atoms with Crippen molar-refractivity contribution in [3.8, 4) is 0 Å². The van der Waals surface area contributed by atoms with Crippen LogP contribution in [0.1, 0.15) is 26.4 Å². The molecule has 0 unspecified atom stereocenters. The van der Waals surface area contributed by atoms with Gasteiger partial charge in [0.1, 0.15) is 0 Å². The number of carbonyl (C=O) groups excluding carboxylic acids is 1. The molecule has 0 aliphatic carbocycles. The Morgan fingerprint density at radius 2 is 1.84 bits per heavy atom. The Morgan fingerprint density at radius 1 is 1.00 bits per heavy atom. The molecule has 4 rings (SSSR count). The van der Waals surface area contributed by atoms with Crippen LogP contribution in [0.4, 0.5) is 0 Å². The Labute approximate surface area is 190 Å². The van der Waals surface area contributed by atoms with Crippen LogP contribution in [-0.4, -0.2) is 23.9 Å². The number of hydrogen-bond donors (Lipinski definition) is 2. The van der Waals surface area contributed by atoms with Crippen LogP contribution in [0, 0.1) is 0 Å². The van der Waals surface area contributed by atoms with Crippen molar-refractivity contribution < 1.29 is 13.2 Å². The summed E-state index contributed by atoms with van der Waals surface area (Å²) in [5.74, 6) is -0.333. The molecule has 32 heavy (non-hydrogen) atoms. The maximum absolute atomic E-state index is 12.6. The SMILES string of the molecule is O=C(NCc1cccc(Cn2ccnc2)c1)c1cccc(S(=O)(=O)NCc2cccs2)c1. The molecule has 0 saturated heterocycles. The Balaban J connectivity index is 1.38. The fourth-order valence-electron chi connectivity index (χ4n) is 3.18. The number of nitrogens with one attached hydrogen (secondary N) is 2. The molecule has 164 valence electrons. The van der Waals surface area contributed by atoms with E-state index in [4.69, 9.17) is 0 Å². The van der Waals surface area contributed by atoms with Crippen LogP contribution in [0.15, 0.2) is 89.7 Å². The van der Waals surface area contributed by atoms with Gasteiger partial charge in [-0.15, -0.1) is 11.3 Å². The monoisotopic (exact) mass is 466 g/mol. The number of carbonyl (C=O) groups is 1. The average molecular weight is 467 g/mol. The summed E-state index contributed by atoms with van der Waals surface area (Å²) < 4.78 is 29.7. The lowest BCUT2D eigenvalue weighted by atomic mass is 10.1. The molecule has 1 amide bonds. The number of thiophene rings is 1. The Bertz CT molecular complexity index is 1280. The van der Waals surface area contributed by atoms with Gasteiger partial charge in [-0.3, -0.25) is 4.79 Å².